The maximum atomic E-state index is 9.85. The Balaban J connectivity index is 1.73. The van der Waals surface area contributed by atoms with Gasteiger partial charge >= 0.3 is 0 Å². The first-order chi connectivity index (χ1) is 7.36. The standard InChI is InChI=1S/C10H17N3OS/c14-9(10-12-4-8-15-10)1-5-13-6-2-11-3-7-13/h4,8-9,11,14H,1-3,5-7H2. The van der Waals surface area contributed by atoms with Crippen molar-refractivity contribution in [2.75, 3.05) is 32.7 Å². The van der Waals surface area contributed by atoms with Gasteiger partial charge in [-0.25, -0.2) is 4.98 Å². The summed E-state index contributed by atoms with van der Waals surface area (Å²) < 4.78 is 0. The van der Waals surface area contributed by atoms with E-state index in [1.54, 1.807) is 6.20 Å². The first-order valence-electron chi connectivity index (χ1n) is 5.37. The normalized spacial score (nSPS) is 20.3. The fourth-order valence-electron chi connectivity index (χ4n) is 1.76. The first-order valence-corrected chi connectivity index (χ1v) is 6.25. The van der Waals surface area contributed by atoms with E-state index in [9.17, 15) is 5.11 Å². The molecule has 5 heteroatoms. The van der Waals surface area contributed by atoms with Crippen LogP contribution in [-0.2, 0) is 0 Å². The van der Waals surface area contributed by atoms with E-state index in [1.807, 2.05) is 5.38 Å². The van der Waals surface area contributed by atoms with Gasteiger partial charge in [-0.05, 0) is 6.42 Å². The summed E-state index contributed by atoms with van der Waals surface area (Å²) in [5, 5.41) is 15.9. The van der Waals surface area contributed by atoms with E-state index >= 15 is 0 Å². The molecule has 0 amide bonds. The highest BCUT2D eigenvalue weighted by molar-refractivity contribution is 7.09. The molecule has 1 atom stereocenters. The van der Waals surface area contributed by atoms with Gasteiger partial charge in [0.15, 0.2) is 0 Å². The van der Waals surface area contributed by atoms with Gasteiger partial charge in [0, 0.05) is 44.3 Å². The minimum Gasteiger partial charge on any atom is -0.386 e. The van der Waals surface area contributed by atoms with Crippen LogP contribution in [0.4, 0.5) is 0 Å². The number of nitrogens with one attached hydrogen (secondary N) is 1. The van der Waals surface area contributed by atoms with Crippen LogP contribution in [0.25, 0.3) is 0 Å². The van der Waals surface area contributed by atoms with E-state index in [1.165, 1.54) is 11.3 Å². The van der Waals surface area contributed by atoms with Crippen molar-refractivity contribution in [3.63, 3.8) is 0 Å². The van der Waals surface area contributed by atoms with Gasteiger partial charge in [-0.1, -0.05) is 0 Å². The van der Waals surface area contributed by atoms with Crippen LogP contribution in [-0.4, -0.2) is 47.7 Å². The zero-order chi connectivity index (χ0) is 10.5. The van der Waals surface area contributed by atoms with Crippen LogP contribution < -0.4 is 5.32 Å². The smallest absolute Gasteiger partial charge is 0.121 e. The Labute approximate surface area is 93.9 Å². The summed E-state index contributed by atoms with van der Waals surface area (Å²) in [5.74, 6) is 0. The number of aliphatic hydroxyl groups excluding tert-OH is 1. The van der Waals surface area contributed by atoms with Gasteiger partial charge in [0.1, 0.15) is 11.1 Å². The molecule has 2 heterocycles. The zero-order valence-corrected chi connectivity index (χ0v) is 9.54. The van der Waals surface area contributed by atoms with Crippen LogP contribution >= 0.6 is 11.3 Å². The average molecular weight is 227 g/mol. The Morgan fingerprint density at radius 3 is 3.00 bits per heavy atom. The van der Waals surface area contributed by atoms with Gasteiger partial charge in [0.25, 0.3) is 0 Å². The molecule has 4 nitrogen and oxygen atoms in total. The molecule has 2 rings (SSSR count). The molecule has 0 radical (unpaired) electrons. The fraction of sp³-hybridized carbons (Fsp3) is 0.700. The molecule has 0 saturated carbocycles. The molecule has 2 N–H and O–H groups in total. The summed E-state index contributed by atoms with van der Waals surface area (Å²) >= 11 is 1.53. The van der Waals surface area contributed by atoms with E-state index in [4.69, 9.17) is 0 Å². The number of aliphatic hydroxyl groups is 1. The van der Waals surface area contributed by atoms with Crippen molar-refractivity contribution in [3.05, 3.63) is 16.6 Å². The monoisotopic (exact) mass is 227 g/mol. The molecule has 0 bridgehead atoms. The molecule has 15 heavy (non-hydrogen) atoms. The van der Waals surface area contributed by atoms with Crippen molar-refractivity contribution in [3.8, 4) is 0 Å². The molecular weight excluding hydrogens is 210 g/mol. The molecule has 0 spiro atoms. The third-order valence-corrected chi connectivity index (χ3v) is 3.54. The molecule has 1 aliphatic rings. The number of nitrogens with zero attached hydrogens (tertiary/aromatic N) is 2. The second-order valence-corrected chi connectivity index (χ2v) is 4.69. The number of hydrogen-bond donors (Lipinski definition) is 2. The van der Waals surface area contributed by atoms with E-state index in [-0.39, 0.29) is 6.10 Å². The summed E-state index contributed by atoms with van der Waals surface area (Å²) in [6.07, 6.45) is 2.14. The molecule has 1 fully saturated rings. The topological polar surface area (TPSA) is 48.4 Å². The Kier molecular flexibility index (Phi) is 4.08. The highest BCUT2D eigenvalue weighted by atomic mass is 32.1. The van der Waals surface area contributed by atoms with E-state index in [0.717, 1.165) is 44.2 Å². The summed E-state index contributed by atoms with van der Waals surface area (Å²) in [6.45, 7) is 5.26. The Morgan fingerprint density at radius 1 is 1.53 bits per heavy atom. The van der Waals surface area contributed by atoms with Crippen LogP contribution in [0, 0.1) is 0 Å². The summed E-state index contributed by atoms with van der Waals surface area (Å²) in [7, 11) is 0. The van der Waals surface area contributed by atoms with Gasteiger partial charge in [-0.3, -0.25) is 0 Å². The Morgan fingerprint density at radius 2 is 2.33 bits per heavy atom. The highest BCUT2D eigenvalue weighted by Gasteiger charge is 2.14. The second-order valence-electron chi connectivity index (χ2n) is 3.77. The van der Waals surface area contributed by atoms with E-state index in [2.05, 4.69) is 15.2 Å². The number of piperazine rings is 1. The minimum absolute atomic E-state index is 0.389. The van der Waals surface area contributed by atoms with Gasteiger partial charge < -0.3 is 15.3 Å². The minimum atomic E-state index is -0.389. The van der Waals surface area contributed by atoms with Crippen molar-refractivity contribution >= 4 is 11.3 Å². The number of aromatic nitrogens is 1. The summed E-state index contributed by atoms with van der Waals surface area (Å²) in [4.78, 5) is 6.50. The Bertz CT molecular complexity index is 272. The second kappa shape index (κ2) is 5.55. The molecular formula is C10H17N3OS. The summed E-state index contributed by atoms with van der Waals surface area (Å²) in [6, 6.07) is 0. The molecule has 1 aromatic rings. The highest BCUT2D eigenvalue weighted by Crippen LogP contribution is 2.18. The maximum Gasteiger partial charge on any atom is 0.121 e. The summed E-state index contributed by atoms with van der Waals surface area (Å²) in [5.41, 5.74) is 0. The lowest BCUT2D eigenvalue weighted by Gasteiger charge is -2.27. The molecule has 0 aromatic carbocycles. The molecule has 1 unspecified atom stereocenters. The lowest BCUT2D eigenvalue weighted by molar-refractivity contribution is 0.136. The van der Waals surface area contributed by atoms with E-state index < -0.39 is 0 Å². The third-order valence-electron chi connectivity index (χ3n) is 2.66. The van der Waals surface area contributed by atoms with Crippen LogP contribution in [0.2, 0.25) is 0 Å². The van der Waals surface area contributed by atoms with Crippen LogP contribution in [0.15, 0.2) is 11.6 Å². The SMILES string of the molecule is OC(CCN1CCNCC1)c1nccs1. The molecule has 0 aliphatic carbocycles. The van der Waals surface area contributed by atoms with Gasteiger partial charge in [0.2, 0.25) is 0 Å². The van der Waals surface area contributed by atoms with Crippen molar-refractivity contribution < 1.29 is 5.11 Å². The van der Waals surface area contributed by atoms with Crippen molar-refractivity contribution in [2.45, 2.75) is 12.5 Å². The predicted molar refractivity (Wildman–Crippen MR) is 61.0 cm³/mol. The maximum absolute atomic E-state index is 9.85. The van der Waals surface area contributed by atoms with Crippen LogP contribution in [0.1, 0.15) is 17.5 Å². The lowest BCUT2D eigenvalue weighted by atomic mass is 10.2. The average Bonchev–Trinajstić information content (AvgIpc) is 2.81. The van der Waals surface area contributed by atoms with Gasteiger partial charge in [-0.15, -0.1) is 11.3 Å². The number of hydrogen-bond acceptors (Lipinski definition) is 5. The van der Waals surface area contributed by atoms with Crippen LogP contribution in [0.3, 0.4) is 0 Å². The number of rotatable bonds is 4. The van der Waals surface area contributed by atoms with Crippen molar-refractivity contribution in [2.24, 2.45) is 0 Å². The molecule has 1 saturated heterocycles. The number of thiazole rings is 1. The Hall–Kier alpha value is -0.490. The van der Waals surface area contributed by atoms with Gasteiger partial charge in [0.05, 0.1) is 0 Å². The molecule has 84 valence electrons. The van der Waals surface area contributed by atoms with Crippen LogP contribution in [0.5, 0.6) is 0 Å². The first kappa shape index (κ1) is 11.0. The third kappa shape index (κ3) is 3.24. The zero-order valence-electron chi connectivity index (χ0n) is 8.72. The van der Waals surface area contributed by atoms with Crippen molar-refractivity contribution in [1.29, 1.82) is 0 Å². The quantitative estimate of drug-likeness (QED) is 0.785. The molecule has 1 aliphatic heterocycles. The van der Waals surface area contributed by atoms with Gasteiger partial charge in [-0.2, -0.15) is 0 Å². The largest absolute Gasteiger partial charge is 0.386 e. The predicted octanol–water partition coefficient (Wildman–Crippen LogP) is 0.472. The lowest BCUT2D eigenvalue weighted by Crippen LogP contribution is -2.44. The molecule has 1 aromatic heterocycles. The van der Waals surface area contributed by atoms with E-state index in [0.29, 0.717) is 0 Å². The van der Waals surface area contributed by atoms with Crippen molar-refractivity contribution in [1.82, 2.24) is 15.2 Å². The fourth-order valence-corrected chi connectivity index (χ4v) is 2.42.